The summed E-state index contributed by atoms with van der Waals surface area (Å²) >= 11 is 0. The van der Waals surface area contributed by atoms with E-state index in [2.05, 4.69) is 6.92 Å². The quantitative estimate of drug-likeness (QED) is 0.776. The SMILES string of the molecule is CC1CCCC(C(=O)N2CCC3(O)CCCCC3C2)C1N. The Labute approximate surface area is 128 Å². The van der Waals surface area contributed by atoms with Gasteiger partial charge in [0.25, 0.3) is 0 Å². The third-order valence-electron chi connectivity index (χ3n) is 6.35. The van der Waals surface area contributed by atoms with Gasteiger partial charge in [-0.25, -0.2) is 0 Å². The van der Waals surface area contributed by atoms with Crippen LogP contribution in [0.2, 0.25) is 0 Å². The van der Waals surface area contributed by atoms with E-state index in [1.807, 2.05) is 4.90 Å². The van der Waals surface area contributed by atoms with E-state index in [9.17, 15) is 9.90 Å². The zero-order valence-corrected chi connectivity index (χ0v) is 13.3. The second kappa shape index (κ2) is 5.88. The number of nitrogens with two attached hydrogens (primary N) is 1. The summed E-state index contributed by atoms with van der Waals surface area (Å²) in [4.78, 5) is 14.9. The van der Waals surface area contributed by atoms with Crippen LogP contribution < -0.4 is 5.73 Å². The van der Waals surface area contributed by atoms with Crippen molar-refractivity contribution in [3.05, 3.63) is 0 Å². The molecule has 0 bridgehead atoms. The van der Waals surface area contributed by atoms with Gasteiger partial charge in [-0.15, -0.1) is 0 Å². The summed E-state index contributed by atoms with van der Waals surface area (Å²) in [6, 6.07) is 0.0124. The average Bonchev–Trinajstić information content (AvgIpc) is 2.48. The van der Waals surface area contributed by atoms with Crippen molar-refractivity contribution in [1.29, 1.82) is 0 Å². The van der Waals surface area contributed by atoms with Gasteiger partial charge in [0.05, 0.1) is 11.5 Å². The van der Waals surface area contributed by atoms with Gasteiger partial charge in [-0.05, 0) is 38.0 Å². The number of amides is 1. The molecule has 3 rings (SSSR count). The minimum Gasteiger partial charge on any atom is -0.389 e. The van der Waals surface area contributed by atoms with Crippen molar-refractivity contribution >= 4 is 5.91 Å². The molecule has 1 heterocycles. The number of aliphatic hydroxyl groups is 1. The molecule has 0 aromatic carbocycles. The van der Waals surface area contributed by atoms with E-state index < -0.39 is 5.60 Å². The third kappa shape index (κ3) is 2.85. The third-order valence-corrected chi connectivity index (χ3v) is 6.35. The molecule has 3 N–H and O–H groups in total. The van der Waals surface area contributed by atoms with Gasteiger partial charge in [-0.2, -0.15) is 0 Å². The number of likely N-dealkylation sites (tertiary alicyclic amines) is 1. The maximum absolute atomic E-state index is 12.9. The molecule has 21 heavy (non-hydrogen) atoms. The molecule has 0 aromatic heterocycles. The van der Waals surface area contributed by atoms with Gasteiger partial charge < -0.3 is 15.7 Å². The predicted octanol–water partition coefficient (Wildman–Crippen LogP) is 1.90. The van der Waals surface area contributed by atoms with Crippen LogP contribution in [-0.4, -0.2) is 40.6 Å². The van der Waals surface area contributed by atoms with Crippen LogP contribution >= 0.6 is 0 Å². The number of rotatable bonds is 1. The number of nitrogens with zero attached hydrogens (tertiary/aromatic N) is 1. The van der Waals surface area contributed by atoms with Crippen molar-refractivity contribution in [2.75, 3.05) is 13.1 Å². The average molecular weight is 294 g/mol. The Morgan fingerprint density at radius 1 is 1.19 bits per heavy atom. The highest BCUT2D eigenvalue weighted by atomic mass is 16.3. The Hall–Kier alpha value is -0.610. The molecule has 3 aliphatic rings. The first kappa shape index (κ1) is 15.3. The molecule has 2 aliphatic carbocycles. The van der Waals surface area contributed by atoms with Crippen LogP contribution in [0.25, 0.3) is 0 Å². The molecular formula is C17H30N2O2. The van der Waals surface area contributed by atoms with E-state index in [-0.39, 0.29) is 23.8 Å². The lowest BCUT2D eigenvalue weighted by atomic mass is 9.70. The van der Waals surface area contributed by atoms with E-state index in [4.69, 9.17) is 5.73 Å². The van der Waals surface area contributed by atoms with Crippen molar-refractivity contribution < 1.29 is 9.90 Å². The molecule has 3 fully saturated rings. The van der Waals surface area contributed by atoms with Gasteiger partial charge in [-0.3, -0.25) is 4.79 Å². The molecule has 0 spiro atoms. The maximum atomic E-state index is 12.9. The molecule has 120 valence electrons. The molecule has 4 nitrogen and oxygen atoms in total. The first-order chi connectivity index (χ1) is 10.0. The topological polar surface area (TPSA) is 66.6 Å². The molecule has 4 heteroatoms. The lowest BCUT2D eigenvalue weighted by Crippen LogP contribution is -2.57. The minimum atomic E-state index is -0.503. The minimum absolute atomic E-state index is 0.00327. The first-order valence-corrected chi connectivity index (χ1v) is 8.78. The van der Waals surface area contributed by atoms with Crippen molar-refractivity contribution in [3.63, 3.8) is 0 Å². The fraction of sp³-hybridized carbons (Fsp3) is 0.941. The molecule has 5 atom stereocenters. The normalized spacial score (nSPS) is 44.2. The zero-order valence-electron chi connectivity index (χ0n) is 13.3. The number of piperidine rings is 1. The number of fused-ring (bicyclic) bond motifs is 1. The molecule has 0 radical (unpaired) electrons. The van der Waals surface area contributed by atoms with Gasteiger partial charge >= 0.3 is 0 Å². The standard InChI is InChI=1S/C17H30N2O2/c1-12-5-4-7-14(15(12)18)16(20)19-10-9-17(21)8-3-2-6-13(17)11-19/h12-15,21H,2-11,18H2,1H3. The molecule has 2 saturated carbocycles. The fourth-order valence-electron chi connectivity index (χ4n) is 4.73. The van der Waals surface area contributed by atoms with Crippen molar-refractivity contribution in [2.45, 2.75) is 69.9 Å². The summed E-state index contributed by atoms with van der Waals surface area (Å²) in [5, 5.41) is 10.7. The Morgan fingerprint density at radius 3 is 2.81 bits per heavy atom. The summed E-state index contributed by atoms with van der Waals surface area (Å²) in [6.07, 6.45) is 8.25. The number of hydrogen-bond acceptors (Lipinski definition) is 3. The van der Waals surface area contributed by atoms with Gasteiger partial charge in [-0.1, -0.05) is 26.2 Å². The summed E-state index contributed by atoms with van der Waals surface area (Å²) in [7, 11) is 0. The van der Waals surface area contributed by atoms with Crippen LogP contribution in [0.5, 0.6) is 0 Å². The number of hydrogen-bond donors (Lipinski definition) is 2. The predicted molar refractivity (Wildman–Crippen MR) is 82.6 cm³/mol. The second-order valence-electron chi connectivity index (χ2n) is 7.67. The van der Waals surface area contributed by atoms with Crippen molar-refractivity contribution in [3.8, 4) is 0 Å². The van der Waals surface area contributed by atoms with Gasteiger partial charge in [0.2, 0.25) is 5.91 Å². The Balaban J connectivity index is 1.66. The summed E-state index contributed by atoms with van der Waals surface area (Å²) in [5.41, 5.74) is 5.79. The molecule has 1 amide bonds. The Bertz CT molecular complexity index is 400. The highest BCUT2D eigenvalue weighted by Crippen LogP contribution is 2.40. The van der Waals surface area contributed by atoms with E-state index in [0.29, 0.717) is 12.5 Å². The summed E-state index contributed by atoms with van der Waals surface area (Å²) < 4.78 is 0. The smallest absolute Gasteiger partial charge is 0.227 e. The number of carbonyl (C=O) groups excluding carboxylic acids is 1. The monoisotopic (exact) mass is 294 g/mol. The van der Waals surface area contributed by atoms with Gasteiger partial charge in [0.1, 0.15) is 0 Å². The van der Waals surface area contributed by atoms with Crippen LogP contribution in [0.15, 0.2) is 0 Å². The lowest BCUT2D eigenvalue weighted by Gasteiger charge is -2.48. The summed E-state index contributed by atoms with van der Waals surface area (Å²) in [5.74, 6) is 0.982. The summed E-state index contributed by atoms with van der Waals surface area (Å²) in [6.45, 7) is 3.62. The molecule has 0 aromatic rings. The van der Waals surface area contributed by atoms with Crippen molar-refractivity contribution in [1.82, 2.24) is 4.90 Å². The Kier molecular flexibility index (Phi) is 4.28. The second-order valence-corrected chi connectivity index (χ2v) is 7.67. The highest BCUT2D eigenvalue weighted by Gasteiger charge is 2.45. The molecule has 1 saturated heterocycles. The van der Waals surface area contributed by atoms with E-state index >= 15 is 0 Å². The van der Waals surface area contributed by atoms with Crippen LogP contribution in [0, 0.1) is 17.8 Å². The van der Waals surface area contributed by atoms with Crippen LogP contribution in [-0.2, 0) is 4.79 Å². The van der Waals surface area contributed by atoms with E-state index in [0.717, 1.165) is 51.5 Å². The lowest BCUT2D eigenvalue weighted by molar-refractivity contribution is -0.149. The molecular weight excluding hydrogens is 264 g/mol. The van der Waals surface area contributed by atoms with Gasteiger partial charge in [0.15, 0.2) is 0 Å². The molecule has 5 unspecified atom stereocenters. The largest absolute Gasteiger partial charge is 0.389 e. The zero-order chi connectivity index (χ0) is 15.0. The van der Waals surface area contributed by atoms with Crippen LogP contribution in [0.1, 0.15) is 58.3 Å². The maximum Gasteiger partial charge on any atom is 0.227 e. The van der Waals surface area contributed by atoms with Crippen molar-refractivity contribution in [2.24, 2.45) is 23.5 Å². The number of carbonyl (C=O) groups is 1. The molecule has 1 aliphatic heterocycles. The first-order valence-electron chi connectivity index (χ1n) is 8.78. The van der Waals surface area contributed by atoms with Crippen LogP contribution in [0.3, 0.4) is 0 Å². The fourth-order valence-corrected chi connectivity index (χ4v) is 4.73. The van der Waals surface area contributed by atoms with Gasteiger partial charge in [0, 0.05) is 25.0 Å². The van der Waals surface area contributed by atoms with Crippen LogP contribution in [0.4, 0.5) is 0 Å². The highest BCUT2D eigenvalue weighted by molar-refractivity contribution is 5.80. The Morgan fingerprint density at radius 2 is 2.00 bits per heavy atom. The van der Waals surface area contributed by atoms with E-state index in [1.165, 1.54) is 6.42 Å². The van der Waals surface area contributed by atoms with E-state index in [1.54, 1.807) is 0 Å².